The average Bonchev–Trinajstić information content (AvgIpc) is 2.50. The smallest absolute Gasteiger partial charge is 0.243 e. The molecule has 126 valence electrons. The summed E-state index contributed by atoms with van der Waals surface area (Å²) in [7, 11) is -3.48. The molecule has 1 fully saturated rings. The molecule has 0 bridgehead atoms. The van der Waals surface area contributed by atoms with Gasteiger partial charge in [-0.1, -0.05) is 0 Å². The van der Waals surface area contributed by atoms with Gasteiger partial charge < -0.3 is 14.8 Å². The molecule has 0 radical (unpaired) electrons. The SMILES string of the molecule is CCOc1ccc(S(=O)(=O)N2CCNCC2)cc1OCC.Cl. The molecule has 0 saturated carbocycles. The normalized spacial score (nSPS) is 15.9. The van der Waals surface area contributed by atoms with Gasteiger partial charge in [-0.25, -0.2) is 8.42 Å². The summed E-state index contributed by atoms with van der Waals surface area (Å²) in [6, 6.07) is 4.78. The number of hydrogen-bond donors (Lipinski definition) is 1. The summed E-state index contributed by atoms with van der Waals surface area (Å²) >= 11 is 0. The molecule has 22 heavy (non-hydrogen) atoms. The quantitative estimate of drug-likeness (QED) is 0.842. The molecule has 6 nitrogen and oxygen atoms in total. The van der Waals surface area contributed by atoms with Gasteiger partial charge >= 0.3 is 0 Å². The van der Waals surface area contributed by atoms with Gasteiger partial charge in [-0.2, -0.15) is 4.31 Å². The number of nitrogens with zero attached hydrogens (tertiary/aromatic N) is 1. The van der Waals surface area contributed by atoms with Crippen molar-refractivity contribution in [1.29, 1.82) is 0 Å². The monoisotopic (exact) mass is 350 g/mol. The number of ether oxygens (including phenoxy) is 2. The Hall–Kier alpha value is -1.02. The van der Waals surface area contributed by atoms with Gasteiger partial charge in [0.15, 0.2) is 11.5 Å². The van der Waals surface area contributed by atoms with E-state index in [0.29, 0.717) is 50.9 Å². The van der Waals surface area contributed by atoms with E-state index in [1.165, 1.54) is 4.31 Å². The first-order valence-electron chi connectivity index (χ1n) is 7.20. The standard InChI is InChI=1S/C14H22N2O4S.ClH/c1-3-19-13-6-5-12(11-14(13)20-4-2)21(17,18)16-9-7-15-8-10-16;/h5-6,11,15H,3-4,7-10H2,1-2H3;1H. The van der Waals surface area contributed by atoms with E-state index in [4.69, 9.17) is 9.47 Å². The number of piperazine rings is 1. The van der Waals surface area contributed by atoms with E-state index in [2.05, 4.69) is 5.32 Å². The molecule has 0 amide bonds. The van der Waals surface area contributed by atoms with Crippen molar-refractivity contribution >= 4 is 22.4 Å². The summed E-state index contributed by atoms with van der Waals surface area (Å²) in [4.78, 5) is 0.247. The van der Waals surface area contributed by atoms with Crippen LogP contribution in [0.2, 0.25) is 0 Å². The van der Waals surface area contributed by atoms with Crippen molar-refractivity contribution < 1.29 is 17.9 Å². The Kier molecular flexibility index (Phi) is 7.41. The van der Waals surface area contributed by atoms with E-state index in [1.54, 1.807) is 18.2 Å². The lowest BCUT2D eigenvalue weighted by molar-refractivity contribution is 0.286. The molecule has 0 unspecified atom stereocenters. The Morgan fingerprint density at radius 2 is 1.68 bits per heavy atom. The summed E-state index contributed by atoms with van der Waals surface area (Å²) in [5.74, 6) is 1.04. The van der Waals surface area contributed by atoms with Gasteiger partial charge in [0.2, 0.25) is 10.0 Å². The Balaban J connectivity index is 0.00000242. The predicted octanol–water partition coefficient (Wildman–Crippen LogP) is 1.50. The van der Waals surface area contributed by atoms with Crippen molar-refractivity contribution in [2.45, 2.75) is 18.7 Å². The topological polar surface area (TPSA) is 67.9 Å². The lowest BCUT2D eigenvalue weighted by atomic mass is 10.3. The lowest BCUT2D eigenvalue weighted by Gasteiger charge is -2.26. The zero-order valence-electron chi connectivity index (χ0n) is 12.9. The third-order valence-corrected chi connectivity index (χ3v) is 5.12. The maximum Gasteiger partial charge on any atom is 0.243 e. The van der Waals surface area contributed by atoms with Gasteiger partial charge in [-0.3, -0.25) is 0 Å². The molecule has 2 rings (SSSR count). The van der Waals surface area contributed by atoms with Crippen LogP contribution in [-0.2, 0) is 10.0 Å². The Labute approximate surface area is 138 Å². The number of sulfonamides is 1. The van der Waals surface area contributed by atoms with E-state index < -0.39 is 10.0 Å². The number of rotatable bonds is 6. The van der Waals surface area contributed by atoms with E-state index in [9.17, 15) is 8.42 Å². The van der Waals surface area contributed by atoms with Gasteiger partial charge in [0.1, 0.15) is 0 Å². The third-order valence-electron chi connectivity index (χ3n) is 3.23. The molecule has 0 aliphatic carbocycles. The Bertz CT molecular complexity index is 574. The number of hydrogen-bond acceptors (Lipinski definition) is 5. The molecule has 0 aromatic heterocycles. The van der Waals surface area contributed by atoms with Crippen LogP contribution in [0, 0.1) is 0 Å². The molecule has 1 aliphatic rings. The lowest BCUT2D eigenvalue weighted by Crippen LogP contribution is -2.46. The molecule has 0 spiro atoms. The van der Waals surface area contributed by atoms with Crippen LogP contribution in [0.5, 0.6) is 11.5 Å². The fraction of sp³-hybridized carbons (Fsp3) is 0.571. The van der Waals surface area contributed by atoms with Crippen molar-refractivity contribution in [2.75, 3.05) is 39.4 Å². The average molecular weight is 351 g/mol. The first-order valence-corrected chi connectivity index (χ1v) is 8.64. The molecule has 0 atom stereocenters. The highest BCUT2D eigenvalue weighted by molar-refractivity contribution is 7.89. The number of benzene rings is 1. The molecule has 1 aromatic carbocycles. The van der Waals surface area contributed by atoms with Crippen molar-refractivity contribution in [3.63, 3.8) is 0 Å². The van der Waals surface area contributed by atoms with Crippen LogP contribution in [0.15, 0.2) is 23.1 Å². The van der Waals surface area contributed by atoms with Crippen molar-refractivity contribution in [3.05, 3.63) is 18.2 Å². The van der Waals surface area contributed by atoms with Crippen LogP contribution in [0.25, 0.3) is 0 Å². The first-order chi connectivity index (χ1) is 10.1. The molecule has 1 saturated heterocycles. The largest absolute Gasteiger partial charge is 0.490 e. The molecular weight excluding hydrogens is 328 g/mol. The van der Waals surface area contributed by atoms with Gasteiger partial charge in [0.25, 0.3) is 0 Å². The van der Waals surface area contributed by atoms with E-state index in [1.807, 2.05) is 13.8 Å². The van der Waals surface area contributed by atoms with Crippen LogP contribution in [0.3, 0.4) is 0 Å². The highest BCUT2D eigenvalue weighted by atomic mass is 35.5. The zero-order valence-corrected chi connectivity index (χ0v) is 14.5. The molecular formula is C14H23ClN2O4S. The van der Waals surface area contributed by atoms with Crippen molar-refractivity contribution in [1.82, 2.24) is 9.62 Å². The Morgan fingerprint density at radius 1 is 1.09 bits per heavy atom. The first kappa shape index (κ1) is 19.0. The van der Waals surface area contributed by atoms with Gasteiger partial charge in [0, 0.05) is 32.2 Å². The maximum atomic E-state index is 12.6. The fourth-order valence-electron chi connectivity index (χ4n) is 2.23. The number of halogens is 1. The minimum atomic E-state index is -3.48. The summed E-state index contributed by atoms with van der Waals surface area (Å²) in [6.45, 7) is 7.01. The van der Waals surface area contributed by atoms with Crippen LogP contribution >= 0.6 is 12.4 Å². The van der Waals surface area contributed by atoms with Gasteiger partial charge in [-0.05, 0) is 26.0 Å². The molecule has 1 aliphatic heterocycles. The van der Waals surface area contributed by atoms with Crippen LogP contribution < -0.4 is 14.8 Å². The van der Waals surface area contributed by atoms with Crippen LogP contribution in [0.1, 0.15) is 13.8 Å². The summed E-state index contributed by atoms with van der Waals surface area (Å²) < 4.78 is 37.7. The third kappa shape index (κ3) is 4.25. The van der Waals surface area contributed by atoms with E-state index in [0.717, 1.165) is 0 Å². The molecule has 8 heteroatoms. The minimum Gasteiger partial charge on any atom is -0.490 e. The highest BCUT2D eigenvalue weighted by Crippen LogP contribution is 2.31. The van der Waals surface area contributed by atoms with Gasteiger partial charge in [0.05, 0.1) is 18.1 Å². The zero-order chi connectivity index (χ0) is 15.3. The Morgan fingerprint density at radius 3 is 2.27 bits per heavy atom. The number of nitrogens with one attached hydrogen (secondary N) is 1. The molecule has 1 aromatic rings. The summed E-state index contributed by atoms with van der Waals surface area (Å²) in [5.41, 5.74) is 0. The summed E-state index contributed by atoms with van der Waals surface area (Å²) in [6.07, 6.45) is 0. The van der Waals surface area contributed by atoms with E-state index >= 15 is 0 Å². The fourth-order valence-corrected chi connectivity index (χ4v) is 3.68. The second kappa shape index (κ2) is 8.57. The maximum absolute atomic E-state index is 12.6. The molecule has 1 N–H and O–H groups in total. The van der Waals surface area contributed by atoms with Gasteiger partial charge in [-0.15, -0.1) is 12.4 Å². The van der Waals surface area contributed by atoms with Crippen LogP contribution in [-0.4, -0.2) is 52.1 Å². The second-order valence-electron chi connectivity index (χ2n) is 4.63. The van der Waals surface area contributed by atoms with Crippen molar-refractivity contribution in [3.8, 4) is 11.5 Å². The highest BCUT2D eigenvalue weighted by Gasteiger charge is 2.26. The minimum absolute atomic E-state index is 0. The molecule has 1 heterocycles. The predicted molar refractivity (Wildman–Crippen MR) is 87.7 cm³/mol. The second-order valence-corrected chi connectivity index (χ2v) is 6.57. The van der Waals surface area contributed by atoms with Crippen LogP contribution in [0.4, 0.5) is 0 Å². The van der Waals surface area contributed by atoms with E-state index in [-0.39, 0.29) is 17.3 Å². The summed E-state index contributed by atoms with van der Waals surface area (Å²) in [5, 5.41) is 3.15. The van der Waals surface area contributed by atoms with Crippen molar-refractivity contribution in [2.24, 2.45) is 0 Å².